The van der Waals surface area contributed by atoms with Crippen molar-refractivity contribution in [3.63, 3.8) is 0 Å². The number of Topliss-reactive ketones (excluding diaryl/α,β-unsaturated/α-hetero) is 1. The molecule has 8 heteroatoms. The molecule has 1 saturated heterocycles. The molecular weight excluding hydrogens is 500 g/mol. The van der Waals surface area contributed by atoms with E-state index in [0.29, 0.717) is 34.4 Å². The number of fused-ring (bicyclic) bond motifs is 1. The molecule has 1 unspecified atom stereocenters. The lowest BCUT2D eigenvalue weighted by molar-refractivity contribution is -0.132. The number of amides is 1. The summed E-state index contributed by atoms with van der Waals surface area (Å²) in [6, 6.07) is 19.0. The molecule has 7 nitrogen and oxygen atoms in total. The molecule has 4 aromatic rings. The number of ketones is 1. The molecule has 38 heavy (non-hydrogen) atoms. The molecule has 0 radical (unpaired) electrons. The van der Waals surface area contributed by atoms with Gasteiger partial charge in [-0.15, -0.1) is 0 Å². The molecule has 3 aromatic carbocycles. The standard InChI is InChI=1S/C30H28N2O5S/c1-4-5-15-37-22-8-6-7-20(17-22)27(33)25-26(19-10-12-21(36-3)13-11-19)32(29(35)28(25)34)30-31-23-14-9-18(2)16-24(23)38-30/h6-14,16-17,26,33H,4-5,15H2,1-3H3. The Labute approximate surface area is 225 Å². The van der Waals surface area contributed by atoms with Crippen LogP contribution in [0.1, 0.15) is 42.5 Å². The number of aromatic nitrogens is 1. The minimum absolute atomic E-state index is 0.00121. The van der Waals surface area contributed by atoms with E-state index in [2.05, 4.69) is 11.9 Å². The van der Waals surface area contributed by atoms with Crippen molar-refractivity contribution in [3.8, 4) is 11.5 Å². The zero-order valence-corrected chi connectivity index (χ0v) is 22.2. The lowest BCUT2D eigenvalue weighted by Gasteiger charge is -2.23. The summed E-state index contributed by atoms with van der Waals surface area (Å²) in [6.45, 7) is 4.62. The molecule has 5 rings (SSSR count). The molecule has 0 saturated carbocycles. The SMILES string of the molecule is CCCCOc1cccc(C(O)=C2C(=O)C(=O)N(c3nc4ccc(C)cc4s3)C2c2ccc(OC)cc2)c1. The summed E-state index contributed by atoms with van der Waals surface area (Å²) in [7, 11) is 1.57. The minimum Gasteiger partial charge on any atom is -0.507 e. The first-order valence-corrected chi connectivity index (χ1v) is 13.3. The van der Waals surface area contributed by atoms with Crippen LogP contribution in [0.25, 0.3) is 16.0 Å². The highest BCUT2D eigenvalue weighted by atomic mass is 32.1. The van der Waals surface area contributed by atoms with Crippen molar-refractivity contribution in [1.82, 2.24) is 4.98 Å². The Morgan fingerprint density at radius 3 is 2.58 bits per heavy atom. The number of carbonyl (C=O) groups is 2. The number of unbranched alkanes of at least 4 members (excludes halogenated alkanes) is 1. The van der Waals surface area contributed by atoms with Gasteiger partial charge in [0.25, 0.3) is 5.78 Å². The third-order valence-electron chi connectivity index (χ3n) is 6.49. The molecule has 1 aliphatic rings. The number of nitrogens with zero attached hydrogens (tertiary/aromatic N) is 2. The van der Waals surface area contributed by atoms with Gasteiger partial charge in [0.15, 0.2) is 5.13 Å². The Hall–Kier alpha value is -4.17. The van der Waals surface area contributed by atoms with Gasteiger partial charge in [0, 0.05) is 5.56 Å². The number of hydrogen-bond donors (Lipinski definition) is 1. The summed E-state index contributed by atoms with van der Waals surface area (Å²) >= 11 is 1.34. The second-order valence-electron chi connectivity index (χ2n) is 9.14. The van der Waals surface area contributed by atoms with Gasteiger partial charge in [-0.2, -0.15) is 0 Å². The summed E-state index contributed by atoms with van der Waals surface area (Å²) in [4.78, 5) is 33.0. The van der Waals surface area contributed by atoms with Gasteiger partial charge >= 0.3 is 5.91 Å². The maximum absolute atomic E-state index is 13.5. The van der Waals surface area contributed by atoms with Crippen LogP contribution in [-0.4, -0.2) is 35.5 Å². The Bertz CT molecular complexity index is 1540. The van der Waals surface area contributed by atoms with Gasteiger partial charge in [-0.25, -0.2) is 4.98 Å². The third-order valence-corrected chi connectivity index (χ3v) is 7.51. The van der Waals surface area contributed by atoms with E-state index in [0.717, 1.165) is 28.6 Å². The maximum atomic E-state index is 13.5. The lowest BCUT2D eigenvalue weighted by atomic mass is 9.95. The number of rotatable bonds is 8. The van der Waals surface area contributed by atoms with Gasteiger partial charge in [0.1, 0.15) is 17.3 Å². The Kier molecular flexibility index (Phi) is 7.15. The van der Waals surface area contributed by atoms with Crippen LogP contribution in [0.2, 0.25) is 0 Å². The van der Waals surface area contributed by atoms with Crippen molar-refractivity contribution in [2.75, 3.05) is 18.6 Å². The van der Waals surface area contributed by atoms with Gasteiger partial charge in [-0.3, -0.25) is 14.5 Å². The van der Waals surface area contributed by atoms with Gasteiger partial charge in [0.05, 0.1) is 35.5 Å². The average molecular weight is 529 g/mol. The van der Waals surface area contributed by atoms with Crippen LogP contribution < -0.4 is 14.4 Å². The number of benzene rings is 3. The summed E-state index contributed by atoms with van der Waals surface area (Å²) in [5.74, 6) is -0.545. The predicted molar refractivity (Wildman–Crippen MR) is 149 cm³/mol. The van der Waals surface area contributed by atoms with Crippen LogP contribution in [0.15, 0.2) is 72.3 Å². The molecule has 2 heterocycles. The van der Waals surface area contributed by atoms with Gasteiger partial charge in [-0.1, -0.05) is 55.0 Å². The fourth-order valence-electron chi connectivity index (χ4n) is 4.48. The highest BCUT2D eigenvalue weighted by molar-refractivity contribution is 7.22. The van der Waals surface area contributed by atoms with Gasteiger partial charge in [-0.05, 0) is 60.9 Å². The molecule has 0 bridgehead atoms. The number of aliphatic hydroxyl groups excluding tert-OH is 1. The van der Waals surface area contributed by atoms with Crippen molar-refractivity contribution in [2.45, 2.75) is 32.7 Å². The second kappa shape index (κ2) is 10.7. The van der Waals surface area contributed by atoms with E-state index in [9.17, 15) is 14.7 Å². The summed E-state index contributed by atoms with van der Waals surface area (Å²) in [5.41, 5.74) is 2.86. The Balaban J connectivity index is 1.64. The van der Waals surface area contributed by atoms with Gasteiger partial charge in [0.2, 0.25) is 0 Å². The van der Waals surface area contributed by atoms with Crippen LogP contribution in [0.4, 0.5) is 5.13 Å². The van der Waals surface area contributed by atoms with E-state index in [1.54, 1.807) is 55.6 Å². The molecule has 0 spiro atoms. The number of thiazole rings is 1. The molecule has 1 aromatic heterocycles. The van der Waals surface area contributed by atoms with Crippen LogP contribution in [0.3, 0.4) is 0 Å². The topological polar surface area (TPSA) is 89.0 Å². The zero-order chi connectivity index (χ0) is 26.8. The maximum Gasteiger partial charge on any atom is 0.301 e. The van der Waals surface area contributed by atoms with Crippen molar-refractivity contribution in [1.29, 1.82) is 0 Å². The van der Waals surface area contributed by atoms with Crippen LogP contribution >= 0.6 is 11.3 Å². The van der Waals surface area contributed by atoms with E-state index in [1.807, 2.05) is 25.1 Å². The van der Waals surface area contributed by atoms with Crippen molar-refractivity contribution >= 4 is 44.1 Å². The fraction of sp³-hybridized carbons (Fsp3) is 0.233. The van der Waals surface area contributed by atoms with Crippen LogP contribution in [-0.2, 0) is 9.59 Å². The highest BCUT2D eigenvalue weighted by Gasteiger charge is 2.48. The highest BCUT2D eigenvalue weighted by Crippen LogP contribution is 2.44. The number of methoxy groups -OCH3 is 1. The van der Waals surface area contributed by atoms with Crippen LogP contribution in [0.5, 0.6) is 11.5 Å². The quantitative estimate of drug-likeness (QED) is 0.123. The summed E-state index contributed by atoms with van der Waals surface area (Å²) in [5, 5.41) is 11.9. The first-order valence-electron chi connectivity index (χ1n) is 12.5. The zero-order valence-electron chi connectivity index (χ0n) is 21.4. The van der Waals surface area contributed by atoms with E-state index in [4.69, 9.17) is 9.47 Å². The molecule has 1 fully saturated rings. The number of aryl methyl sites for hydroxylation is 1. The largest absolute Gasteiger partial charge is 0.507 e. The fourth-order valence-corrected chi connectivity index (χ4v) is 5.57. The smallest absolute Gasteiger partial charge is 0.301 e. The van der Waals surface area contributed by atoms with E-state index >= 15 is 0 Å². The number of anilines is 1. The third kappa shape index (κ3) is 4.75. The van der Waals surface area contributed by atoms with Crippen molar-refractivity contribution in [3.05, 3.63) is 89.0 Å². The molecule has 1 aliphatic heterocycles. The lowest BCUT2D eigenvalue weighted by Crippen LogP contribution is -2.29. The number of carbonyl (C=O) groups excluding carboxylic acids is 2. The van der Waals surface area contributed by atoms with E-state index in [1.165, 1.54) is 16.2 Å². The molecule has 194 valence electrons. The van der Waals surface area contributed by atoms with E-state index < -0.39 is 17.7 Å². The Morgan fingerprint density at radius 2 is 1.84 bits per heavy atom. The van der Waals surface area contributed by atoms with Crippen molar-refractivity contribution in [2.24, 2.45) is 0 Å². The first-order chi connectivity index (χ1) is 18.4. The number of aliphatic hydroxyl groups is 1. The predicted octanol–water partition coefficient (Wildman–Crippen LogP) is 6.42. The molecular formula is C30H28N2O5S. The van der Waals surface area contributed by atoms with Gasteiger partial charge < -0.3 is 14.6 Å². The average Bonchev–Trinajstić information content (AvgIpc) is 3.46. The van der Waals surface area contributed by atoms with E-state index in [-0.39, 0.29) is 11.3 Å². The molecule has 0 aliphatic carbocycles. The summed E-state index contributed by atoms with van der Waals surface area (Å²) in [6.07, 6.45) is 1.90. The normalized spacial score (nSPS) is 16.8. The Morgan fingerprint density at radius 1 is 1.05 bits per heavy atom. The monoisotopic (exact) mass is 528 g/mol. The second-order valence-corrected chi connectivity index (χ2v) is 10.1. The molecule has 1 N–H and O–H groups in total. The molecule has 1 amide bonds. The number of ether oxygens (including phenoxy) is 2. The minimum atomic E-state index is -0.868. The first kappa shape index (κ1) is 25.5. The number of hydrogen-bond acceptors (Lipinski definition) is 7. The van der Waals surface area contributed by atoms with Crippen molar-refractivity contribution < 1.29 is 24.2 Å². The molecule has 1 atom stereocenters. The van der Waals surface area contributed by atoms with Crippen LogP contribution in [0, 0.1) is 6.92 Å². The summed E-state index contributed by atoms with van der Waals surface area (Å²) < 4.78 is 12.0.